The van der Waals surface area contributed by atoms with Gasteiger partial charge in [-0.25, -0.2) is 0 Å². The van der Waals surface area contributed by atoms with Crippen molar-refractivity contribution in [1.82, 2.24) is 14.3 Å². The number of nitrogens with one attached hydrogen (secondary N) is 2. The molecule has 1 rings (SSSR count). The second kappa shape index (κ2) is 6.68. The van der Waals surface area contributed by atoms with E-state index in [-0.39, 0.29) is 6.04 Å². The lowest BCUT2D eigenvalue weighted by atomic mass is 10.0. The Kier molecular flexibility index (Phi) is 5.85. The Balaban J connectivity index is 2.35. The zero-order chi connectivity index (χ0) is 12.9. The number of nitrogens with zero attached hydrogens (tertiary/aromatic N) is 1. The lowest BCUT2D eigenvalue weighted by molar-refractivity contribution is 0.349. The second-order valence-corrected chi connectivity index (χ2v) is 6.84. The smallest absolute Gasteiger partial charge is 0.279 e. The molecule has 0 bridgehead atoms. The van der Waals surface area contributed by atoms with Crippen LogP contribution in [0.3, 0.4) is 0 Å². The van der Waals surface area contributed by atoms with Gasteiger partial charge in [0.15, 0.2) is 0 Å². The van der Waals surface area contributed by atoms with Gasteiger partial charge in [-0.3, -0.25) is 0 Å². The van der Waals surface area contributed by atoms with Crippen molar-refractivity contribution in [2.75, 3.05) is 20.1 Å². The summed E-state index contributed by atoms with van der Waals surface area (Å²) in [5.41, 5.74) is 0. The Morgan fingerprint density at radius 2 is 2.12 bits per heavy atom. The van der Waals surface area contributed by atoms with Crippen LogP contribution in [0.5, 0.6) is 0 Å². The van der Waals surface area contributed by atoms with Crippen molar-refractivity contribution in [3.8, 4) is 0 Å². The number of rotatable bonds is 6. The Labute approximate surface area is 105 Å². The van der Waals surface area contributed by atoms with Crippen LogP contribution >= 0.6 is 0 Å². The molecule has 1 fully saturated rings. The highest BCUT2D eigenvalue weighted by molar-refractivity contribution is 7.87. The molecule has 6 heteroatoms. The van der Waals surface area contributed by atoms with Crippen LogP contribution in [0.25, 0.3) is 0 Å². The van der Waals surface area contributed by atoms with E-state index in [1.807, 2.05) is 13.8 Å². The van der Waals surface area contributed by atoms with Crippen molar-refractivity contribution < 1.29 is 8.42 Å². The first-order chi connectivity index (χ1) is 7.92. The average Bonchev–Trinajstić information content (AvgIpc) is 2.25. The van der Waals surface area contributed by atoms with Crippen LogP contribution < -0.4 is 10.0 Å². The minimum Gasteiger partial charge on any atom is -0.314 e. The Hall–Kier alpha value is -0.170. The molecule has 0 amide bonds. The standard InChI is InChI=1S/C11H25N3O2S/c1-10(2)13-17(15,16)14(3)9-7-11-6-4-5-8-12-11/h10-13H,4-9H2,1-3H3. The van der Waals surface area contributed by atoms with E-state index in [2.05, 4.69) is 10.0 Å². The van der Waals surface area contributed by atoms with Crippen LogP contribution in [0.15, 0.2) is 0 Å². The summed E-state index contributed by atoms with van der Waals surface area (Å²) < 4.78 is 27.6. The lowest BCUT2D eigenvalue weighted by Crippen LogP contribution is -2.44. The molecule has 0 aliphatic carbocycles. The van der Waals surface area contributed by atoms with E-state index < -0.39 is 10.2 Å². The van der Waals surface area contributed by atoms with E-state index in [1.54, 1.807) is 7.05 Å². The topological polar surface area (TPSA) is 61.4 Å². The van der Waals surface area contributed by atoms with Gasteiger partial charge in [0.05, 0.1) is 0 Å². The van der Waals surface area contributed by atoms with Crippen molar-refractivity contribution in [1.29, 1.82) is 0 Å². The first kappa shape index (κ1) is 14.9. The maximum atomic E-state index is 11.8. The van der Waals surface area contributed by atoms with Crippen molar-refractivity contribution >= 4 is 10.2 Å². The monoisotopic (exact) mass is 263 g/mol. The highest BCUT2D eigenvalue weighted by Crippen LogP contribution is 2.11. The predicted molar refractivity (Wildman–Crippen MR) is 70.1 cm³/mol. The van der Waals surface area contributed by atoms with Crippen molar-refractivity contribution in [3.63, 3.8) is 0 Å². The van der Waals surface area contributed by atoms with Gasteiger partial charge in [0.1, 0.15) is 0 Å². The van der Waals surface area contributed by atoms with Crippen LogP contribution in [0, 0.1) is 0 Å². The highest BCUT2D eigenvalue weighted by atomic mass is 32.2. The lowest BCUT2D eigenvalue weighted by Gasteiger charge is -2.26. The van der Waals surface area contributed by atoms with E-state index in [0.29, 0.717) is 12.6 Å². The third kappa shape index (κ3) is 5.33. The molecule has 1 aliphatic heterocycles. The Bertz CT molecular complexity index is 311. The Morgan fingerprint density at radius 1 is 1.41 bits per heavy atom. The molecule has 1 aliphatic rings. The highest BCUT2D eigenvalue weighted by Gasteiger charge is 2.20. The SMILES string of the molecule is CC(C)NS(=O)(=O)N(C)CCC1CCCCN1. The molecule has 0 radical (unpaired) electrons. The zero-order valence-electron chi connectivity index (χ0n) is 11.1. The van der Waals surface area contributed by atoms with Gasteiger partial charge in [0, 0.05) is 25.7 Å². The molecule has 1 atom stereocenters. The summed E-state index contributed by atoms with van der Waals surface area (Å²) in [6, 6.07) is 0.413. The number of hydrogen-bond acceptors (Lipinski definition) is 3. The van der Waals surface area contributed by atoms with Crippen molar-refractivity contribution in [2.24, 2.45) is 0 Å². The van der Waals surface area contributed by atoms with Crippen LogP contribution in [0.2, 0.25) is 0 Å². The number of hydrogen-bond donors (Lipinski definition) is 2. The summed E-state index contributed by atoms with van der Waals surface area (Å²) in [5.74, 6) is 0. The quantitative estimate of drug-likeness (QED) is 0.741. The number of piperidine rings is 1. The fourth-order valence-electron chi connectivity index (χ4n) is 2.02. The second-order valence-electron chi connectivity index (χ2n) is 5.03. The normalized spacial score (nSPS) is 22.3. The third-order valence-corrected chi connectivity index (χ3v) is 4.77. The molecule has 0 spiro atoms. The third-order valence-electron chi connectivity index (χ3n) is 3.00. The van der Waals surface area contributed by atoms with Crippen molar-refractivity contribution in [2.45, 2.75) is 51.6 Å². The summed E-state index contributed by atoms with van der Waals surface area (Å²) in [6.07, 6.45) is 4.53. The fourth-order valence-corrected chi connectivity index (χ4v) is 3.14. The maximum Gasteiger partial charge on any atom is 0.279 e. The molecular formula is C11H25N3O2S. The van der Waals surface area contributed by atoms with E-state index >= 15 is 0 Å². The first-order valence-corrected chi connectivity index (χ1v) is 7.83. The summed E-state index contributed by atoms with van der Waals surface area (Å²) in [7, 11) is -1.67. The maximum absolute atomic E-state index is 11.8. The van der Waals surface area contributed by atoms with Gasteiger partial charge >= 0.3 is 0 Å². The van der Waals surface area contributed by atoms with Crippen LogP contribution in [0.1, 0.15) is 39.5 Å². The molecule has 1 unspecified atom stereocenters. The summed E-state index contributed by atoms with van der Waals surface area (Å²) in [6.45, 7) is 5.28. The fraction of sp³-hybridized carbons (Fsp3) is 1.00. The molecule has 17 heavy (non-hydrogen) atoms. The van der Waals surface area contributed by atoms with E-state index in [9.17, 15) is 8.42 Å². The van der Waals surface area contributed by atoms with Gasteiger partial charge in [-0.15, -0.1) is 0 Å². The first-order valence-electron chi connectivity index (χ1n) is 6.39. The largest absolute Gasteiger partial charge is 0.314 e. The van der Waals surface area contributed by atoms with E-state index in [1.165, 1.54) is 17.1 Å². The molecule has 2 N–H and O–H groups in total. The van der Waals surface area contributed by atoms with E-state index in [0.717, 1.165) is 19.4 Å². The van der Waals surface area contributed by atoms with Gasteiger partial charge < -0.3 is 5.32 Å². The van der Waals surface area contributed by atoms with Crippen LogP contribution in [0.4, 0.5) is 0 Å². The minimum atomic E-state index is -3.30. The summed E-state index contributed by atoms with van der Waals surface area (Å²) in [4.78, 5) is 0. The summed E-state index contributed by atoms with van der Waals surface area (Å²) >= 11 is 0. The van der Waals surface area contributed by atoms with Crippen molar-refractivity contribution in [3.05, 3.63) is 0 Å². The molecule has 0 aromatic heterocycles. The predicted octanol–water partition coefficient (Wildman–Crippen LogP) is 0.693. The summed E-state index contributed by atoms with van der Waals surface area (Å²) in [5, 5.41) is 3.42. The van der Waals surface area contributed by atoms with Gasteiger partial charge in [-0.1, -0.05) is 6.42 Å². The minimum absolute atomic E-state index is 0.0599. The van der Waals surface area contributed by atoms with Gasteiger partial charge in [0.25, 0.3) is 10.2 Å². The molecule has 0 saturated carbocycles. The zero-order valence-corrected chi connectivity index (χ0v) is 11.9. The molecule has 5 nitrogen and oxygen atoms in total. The molecule has 0 aromatic carbocycles. The average molecular weight is 263 g/mol. The van der Waals surface area contributed by atoms with Gasteiger partial charge in [0.2, 0.25) is 0 Å². The van der Waals surface area contributed by atoms with Gasteiger partial charge in [-0.05, 0) is 39.7 Å². The molecule has 1 heterocycles. The van der Waals surface area contributed by atoms with Crippen LogP contribution in [-0.4, -0.2) is 44.9 Å². The molecule has 1 saturated heterocycles. The molecule has 0 aromatic rings. The van der Waals surface area contributed by atoms with Gasteiger partial charge in [-0.2, -0.15) is 17.4 Å². The Morgan fingerprint density at radius 3 is 2.65 bits per heavy atom. The van der Waals surface area contributed by atoms with E-state index in [4.69, 9.17) is 0 Å². The molecule has 102 valence electrons. The molecular weight excluding hydrogens is 238 g/mol. The van der Waals surface area contributed by atoms with Crippen LogP contribution in [-0.2, 0) is 10.2 Å².